The molecule has 0 unspecified atom stereocenters. The molecule has 0 bridgehead atoms. The fourth-order valence-electron chi connectivity index (χ4n) is 5.30. The van der Waals surface area contributed by atoms with Gasteiger partial charge in [-0.25, -0.2) is 4.98 Å². The standard InChI is InChI=1S/C32H30N2O6S/c1-4-5-13-39-23-8-6-7-19(16-23)28-27(29(35)20-9-12-25-21(15-20)14-18(2)40-25)30(36)31(37)34(28)32-33-24-11-10-22(38-3)17-26(24)41-32/h6-12,15-18,28,35H,4-5,13-14H2,1-3H3/b29-27+/t18-,28+/m1/s1. The topological polar surface area (TPSA) is 98.2 Å². The maximum Gasteiger partial charge on any atom is 0.301 e. The van der Waals surface area contributed by atoms with Crippen molar-refractivity contribution in [3.8, 4) is 17.2 Å². The summed E-state index contributed by atoms with van der Waals surface area (Å²) in [5.41, 5.74) is 2.71. The summed E-state index contributed by atoms with van der Waals surface area (Å²) >= 11 is 1.29. The van der Waals surface area contributed by atoms with Crippen LogP contribution in [0, 0.1) is 0 Å². The average molecular weight is 571 g/mol. The van der Waals surface area contributed by atoms with E-state index in [0.29, 0.717) is 46.3 Å². The van der Waals surface area contributed by atoms with Crippen molar-refractivity contribution in [3.05, 3.63) is 82.9 Å². The van der Waals surface area contributed by atoms with Crippen molar-refractivity contribution in [2.24, 2.45) is 0 Å². The van der Waals surface area contributed by atoms with E-state index in [0.717, 1.165) is 28.9 Å². The van der Waals surface area contributed by atoms with E-state index in [4.69, 9.17) is 19.2 Å². The van der Waals surface area contributed by atoms with Crippen molar-refractivity contribution in [2.45, 2.75) is 45.3 Å². The number of methoxy groups -OCH3 is 1. The van der Waals surface area contributed by atoms with Crippen LogP contribution < -0.4 is 19.1 Å². The Balaban J connectivity index is 1.49. The number of amides is 1. The molecule has 1 aromatic heterocycles. The summed E-state index contributed by atoms with van der Waals surface area (Å²) in [7, 11) is 1.59. The molecule has 1 saturated heterocycles. The summed E-state index contributed by atoms with van der Waals surface area (Å²) < 4.78 is 17.9. The number of ether oxygens (including phenoxy) is 3. The summed E-state index contributed by atoms with van der Waals surface area (Å²) in [6.45, 7) is 4.62. The maximum absolute atomic E-state index is 13.7. The van der Waals surface area contributed by atoms with Crippen LogP contribution in [0.3, 0.4) is 0 Å². The van der Waals surface area contributed by atoms with Gasteiger partial charge in [0.05, 0.1) is 35.5 Å². The molecular weight excluding hydrogens is 540 g/mol. The number of rotatable bonds is 8. The molecule has 4 aromatic rings. The zero-order valence-electron chi connectivity index (χ0n) is 23.0. The molecule has 3 aromatic carbocycles. The highest BCUT2D eigenvalue weighted by atomic mass is 32.1. The second-order valence-corrected chi connectivity index (χ2v) is 11.2. The fraction of sp³-hybridized carbons (Fsp3) is 0.281. The van der Waals surface area contributed by atoms with Gasteiger partial charge in [-0.15, -0.1) is 0 Å². The fourth-order valence-corrected chi connectivity index (χ4v) is 6.32. The third-order valence-electron chi connectivity index (χ3n) is 7.34. The third-order valence-corrected chi connectivity index (χ3v) is 8.36. The van der Waals surface area contributed by atoms with Gasteiger partial charge in [0.15, 0.2) is 5.13 Å². The van der Waals surface area contributed by atoms with Crippen molar-refractivity contribution in [2.75, 3.05) is 18.6 Å². The Hall–Kier alpha value is -4.37. The number of benzene rings is 3. The minimum Gasteiger partial charge on any atom is -0.507 e. The maximum atomic E-state index is 13.7. The monoisotopic (exact) mass is 570 g/mol. The van der Waals surface area contributed by atoms with E-state index in [1.807, 2.05) is 49.4 Å². The van der Waals surface area contributed by atoms with E-state index < -0.39 is 17.7 Å². The van der Waals surface area contributed by atoms with Crippen LogP contribution in [0.4, 0.5) is 5.13 Å². The van der Waals surface area contributed by atoms with Gasteiger partial charge in [-0.2, -0.15) is 0 Å². The summed E-state index contributed by atoms with van der Waals surface area (Å²) in [4.78, 5) is 33.4. The zero-order chi connectivity index (χ0) is 28.7. The van der Waals surface area contributed by atoms with Gasteiger partial charge < -0.3 is 19.3 Å². The lowest BCUT2D eigenvalue weighted by Crippen LogP contribution is -2.29. The van der Waals surface area contributed by atoms with E-state index in [1.54, 1.807) is 25.3 Å². The number of hydrogen-bond acceptors (Lipinski definition) is 8. The summed E-state index contributed by atoms with van der Waals surface area (Å²) in [6.07, 6.45) is 2.62. The number of hydrogen-bond donors (Lipinski definition) is 1. The van der Waals surface area contributed by atoms with Crippen molar-refractivity contribution in [1.29, 1.82) is 0 Å². The van der Waals surface area contributed by atoms with Crippen LogP contribution in [0.2, 0.25) is 0 Å². The smallest absolute Gasteiger partial charge is 0.301 e. The summed E-state index contributed by atoms with van der Waals surface area (Å²) in [5.74, 6) is 0.285. The molecule has 41 heavy (non-hydrogen) atoms. The molecular formula is C32H30N2O6S. The second-order valence-electron chi connectivity index (χ2n) is 10.2. The molecule has 1 N–H and O–H groups in total. The lowest BCUT2D eigenvalue weighted by atomic mass is 9.94. The molecule has 0 radical (unpaired) electrons. The number of aliphatic hydroxyl groups excluding tert-OH is 1. The number of Topliss-reactive ketones (excluding diaryl/α,β-unsaturated/α-hetero) is 1. The molecule has 2 atom stereocenters. The number of ketones is 1. The molecule has 2 aliphatic rings. The van der Waals surface area contributed by atoms with Crippen LogP contribution in [-0.2, 0) is 16.0 Å². The van der Waals surface area contributed by atoms with Crippen LogP contribution in [0.1, 0.15) is 49.4 Å². The Labute approximate surface area is 241 Å². The Morgan fingerprint density at radius 2 is 1.98 bits per heavy atom. The van der Waals surface area contributed by atoms with Crippen molar-refractivity contribution < 1.29 is 28.9 Å². The molecule has 0 spiro atoms. The SMILES string of the molecule is CCCCOc1cccc([C@H]2/C(=C(\O)c3ccc4c(c3)C[C@@H](C)O4)C(=O)C(=O)N2c2nc3ccc(OC)cc3s2)c1. The van der Waals surface area contributed by atoms with Crippen LogP contribution in [-0.4, -0.2) is 41.6 Å². The van der Waals surface area contributed by atoms with Gasteiger partial charge in [-0.3, -0.25) is 14.5 Å². The highest BCUT2D eigenvalue weighted by molar-refractivity contribution is 7.22. The predicted molar refractivity (Wildman–Crippen MR) is 158 cm³/mol. The van der Waals surface area contributed by atoms with E-state index in [9.17, 15) is 14.7 Å². The van der Waals surface area contributed by atoms with E-state index in [2.05, 4.69) is 6.92 Å². The van der Waals surface area contributed by atoms with Gasteiger partial charge in [0, 0.05) is 12.0 Å². The van der Waals surface area contributed by atoms with E-state index in [-0.39, 0.29) is 17.4 Å². The predicted octanol–water partition coefficient (Wildman–Crippen LogP) is 6.43. The summed E-state index contributed by atoms with van der Waals surface area (Å²) in [6, 6.07) is 17.2. The Morgan fingerprint density at radius 3 is 2.78 bits per heavy atom. The van der Waals surface area contributed by atoms with E-state index >= 15 is 0 Å². The first-order valence-electron chi connectivity index (χ1n) is 13.7. The first kappa shape index (κ1) is 26.8. The van der Waals surface area contributed by atoms with Gasteiger partial charge >= 0.3 is 5.91 Å². The molecule has 0 aliphatic carbocycles. The van der Waals surface area contributed by atoms with Crippen LogP contribution in [0.15, 0.2) is 66.2 Å². The van der Waals surface area contributed by atoms with Crippen LogP contribution in [0.5, 0.6) is 17.2 Å². The number of nitrogens with zero attached hydrogens (tertiary/aromatic N) is 2. The number of unbranched alkanes of at least 4 members (excludes halogenated alkanes) is 1. The molecule has 1 amide bonds. The van der Waals surface area contributed by atoms with Crippen LogP contribution in [0.25, 0.3) is 16.0 Å². The van der Waals surface area contributed by atoms with Gasteiger partial charge in [0.2, 0.25) is 0 Å². The average Bonchev–Trinajstić information content (AvgIpc) is 3.64. The molecule has 8 nitrogen and oxygen atoms in total. The molecule has 210 valence electrons. The first-order chi connectivity index (χ1) is 19.9. The number of aromatic nitrogens is 1. The van der Waals surface area contributed by atoms with Gasteiger partial charge in [-0.05, 0) is 73.0 Å². The Bertz CT molecular complexity index is 1690. The van der Waals surface area contributed by atoms with Gasteiger partial charge in [-0.1, -0.05) is 36.8 Å². The summed E-state index contributed by atoms with van der Waals surface area (Å²) in [5, 5.41) is 12.0. The number of aliphatic hydroxyl groups is 1. The minimum atomic E-state index is -0.907. The molecule has 3 heterocycles. The van der Waals surface area contributed by atoms with Crippen molar-refractivity contribution >= 4 is 44.1 Å². The van der Waals surface area contributed by atoms with E-state index in [1.165, 1.54) is 16.2 Å². The molecule has 2 aliphatic heterocycles. The quantitative estimate of drug-likeness (QED) is 0.113. The highest BCUT2D eigenvalue weighted by Gasteiger charge is 2.48. The second kappa shape index (κ2) is 10.9. The molecule has 9 heteroatoms. The number of thiazole rings is 1. The number of anilines is 1. The number of fused-ring (bicyclic) bond motifs is 2. The largest absolute Gasteiger partial charge is 0.507 e. The highest BCUT2D eigenvalue weighted by Crippen LogP contribution is 2.45. The zero-order valence-corrected chi connectivity index (χ0v) is 23.9. The van der Waals surface area contributed by atoms with Gasteiger partial charge in [0.25, 0.3) is 5.78 Å². The third kappa shape index (κ3) is 4.91. The van der Waals surface area contributed by atoms with Crippen LogP contribution >= 0.6 is 11.3 Å². The number of carbonyl (C=O) groups is 2. The van der Waals surface area contributed by atoms with Crippen molar-refractivity contribution in [1.82, 2.24) is 4.98 Å². The minimum absolute atomic E-state index is 0.00413. The molecule has 0 saturated carbocycles. The first-order valence-corrected chi connectivity index (χ1v) is 14.5. The van der Waals surface area contributed by atoms with Crippen molar-refractivity contribution in [3.63, 3.8) is 0 Å². The molecule has 1 fully saturated rings. The van der Waals surface area contributed by atoms with Gasteiger partial charge in [0.1, 0.15) is 29.1 Å². The molecule has 6 rings (SSSR count). The lowest BCUT2D eigenvalue weighted by Gasteiger charge is -2.23. The Kier molecular flexibility index (Phi) is 7.13. The number of carbonyl (C=O) groups excluding carboxylic acids is 2. The lowest BCUT2D eigenvalue weighted by molar-refractivity contribution is -0.132. The Morgan fingerprint density at radius 1 is 1.12 bits per heavy atom. The normalized spacial score (nSPS) is 19.4.